The highest BCUT2D eigenvalue weighted by atomic mass is 16.5. The van der Waals surface area contributed by atoms with Crippen LogP contribution in [0.5, 0.6) is 11.5 Å². The van der Waals surface area contributed by atoms with Gasteiger partial charge in [-0.15, -0.1) is 0 Å². The van der Waals surface area contributed by atoms with Gasteiger partial charge in [-0.05, 0) is 75.6 Å². The van der Waals surface area contributed by atoms with Gasteiger partial charge >= 0.3 is 0 Å². The summed E-state index contributed by atoms with van der Waals surface area (Å²) in [5.41, 5.74) is 0. The molecule has 0 bridgehead atoms. The lowest BCUT2D eigenvalue weighted by Crippen LogP contribution is -2.91. The van der Waals surface area contributed by atoms with Gasteiger partial charge in [0.2, 0.25) is 0 Å². The number of rotatable bonds is 12. The molecule has 0 heterocycles. The second-order valence-electron chi connectivity index (χ2n) is 8.43. The van der Waals surface area contributed by atoms with E-state index in [1.54, 1.807) is 0 Å². The fourth-order valence-corrected chi connectivity index (χ4v) is 4.24. The van der Waals surface area contributed by atoms with Crippen molar-refractivity contribution in [2.45, 2.75) is 75.7 Å². The van der Waals surface area contributed by atoms with Crippen LogP contribution in [0.2, 0.25) is 0 Å². The number of benzene rings is 1. The molecule has 2 atom stereocenters. The molecule has 0 radical (unpaired) electrons. The monoisotopic (exact) mass is 394 g/mol. The zero-order chi connectivity index (χ0) is 19.6. The first-order valence-electron chi connectivity index (χ1n) is 11.1. The number of aliphatic hydroxyl groups is 2. The summed E-state index contributed by atoms with van der Waals surface area (Å²) in [6.45, 7) is 2.00. The smallest absolute Gasteiger partial charge is 0.137 e. The van der Waals surface area contributed by atoms with Crippen LogP contribution in [-0.2, 0) is 0 Å². The van der Waals surface area contributed by atoms with Gasteiger partial charge < -0.3 is 30.3 Å². The van der Waals surface area contributed by atoms with Crippen molar-refractivity contribution < 1.29 is 30.3 Å². The van der Waals surface area contributed by atoms with Crippen molar-refractivity contribution >= 4 is 0 Å². The lowest BCUT2D eigenvalue weighted by atomic mass is 10.2. The van der Waals surface area contributed by atoms with Crippen LogP contribution in [-0.4, -0.2) is 60.8 Å². The molecule has 0 aromatic heterocycles. The van der Waals surface area contributed by atoms with E-state index in [4.69, 9.17) is 9.47 Å². The van der Waals surface area contributed by atoms with Crippen LogP contribution in [0, 0.1) is 0 Å². The van der Waals surface area contributed by atoms with E-state index in [1.807, 2.05) is 24.3 Å². The van der Waals surface area contributed by atoms with Crippen LogP contribution >= 0.6 is 0 Å². The van der Waals surface area contributed by atoms with E-state index in [-0.39, 0.29) is 0 Å². The molecular weight excluding hydrogens is 356 g/mol. The summed E-state index contributed by atoms with van der Waals surface area (Å²) in [6.07, 6.45) is 9.42. The zero-order valence-electron chi connectivity index (χ0n) is 17.0. The molecule has 2 saturated carbocycles. The molecule has 2 aliphatic rings. The average Bonchev–Trinajstić information content (AvgIpc) is 3.42. The molecule has 3 rings (SSSR count). The highest BCUT2D eigenvalue weighted by Crippen LogP contribution is 2.18. The van der Waals surface area contributed by atoms with Gasteiger partial charge in [-0.3, -0.25) is 0 Å². The average molecular weight is 395 g/mol. The molecule has 6 N–H and O–H groups in total. The third kappa shape index (κ3) is 7.59. The molecule has 0 aliphatic heterocycles. The highest BCUT2D eigenvalue weighted by Gasteiger charge is 2.20. The summed E-state index contributed by atoms with van der Waals surface area (Å²) in [4.78, 5) is 0. The SMILES string of the molecule is O[C@H](C[NH2+]C1CCCC1)COc1ccc(OC[C@@H](O)C[NH2+]C2CCCC2)cc1. The summed E-state index contributed by atoms with van der Waals surface area (Å²) in [6, 6.07) is 8.74. The molecule has 1 aromatic rings. The maximum Gasteiger partial charge on any atom is 0.137 e. The summed E-state index contributed by atoms with van der Waals surface area (Å²) < 4.78 is 11.4. The van der Waals surface area contributed by atoms with E-state index in [1.165, 1.54) is 51.4 Å². The third-order valence-electron chi connectivity index (χ3n) is 5.99. The topological polar surface area (TPSA) is 92.1 Å². The molecule has 6 heteroatoms. The summed E-state index contributed by atoms with van der Waals surface area (Å²) in [5.74, 6) is 1.45. The fraction of sp³-hybridized carbons (Fsp3) is 0.727. The normalized spacial score (nSPS) is 20.4. The van der Waals surface area contributed by atoms with Gasteiger partial charge in [-0.1, -0.05) is 0 Å². The largest absolute Gasteiger partial charge is 0.491 e. The minimum atomic E-state index is -0.456. The molecule has 0 saturated heterocycles. The van der Waals surface area contributed by atoms with Crippen molar-refractivity contribution in [1.29, 1.82) is 0 Å². The molecule has 0 amide bonds. The van der Waals surface area contributed by atoms with Gasteiger partial charge in [-0.25, -0.2) is 0 Å². The molecule has 2 aliphatic carbocycles. The van der Waals surface area contributed by atoms with Gasteiger partial charge in [0.15, 0.2) is 0 Å². The second-order valence-corrected chi connectivity index (χ2v) is 8.43. The van der Waals surface area contributed by atoms with Gasteiger partial charge in [0.25, 0.3) is 0 Å². The minimum Gasteiger partial charge on any atom is -0.491 e. The molecule has 158 valence electrons. The molecule has 2 fully saturated rings. The van der Waals surface area contributed by atoms with E-state index in [0.717, 1.165) is 11.5 Å². The quantitative estimate of drug-likeness (QED) is 0.407. The van der Waals surface area contributed by atoms with Crippen molar-refractivity contribution in [2.24, 2.45) is 0 Å². The van der Waals surface area contributed by atoms with Crippen LogP contribution in [0.3, 0.4) is 0 Å². The maximum atomic E-state index is 10.1. The first-order valence-corrected chi connectivity index (χ1v) is 11.1. The Morgan fingerprint density at radius 3 is 1.43 bits per heavy atom. The number of hydrogen-bond acceptors (Lipinski definition) is 4. The lowest BCUT2D eigenvalue weighted by Gasteiger charge is -2.15. The summed E-state index contributed by atoms with van der Waals surface area (Å²) in [7, 11) is 0. The first kappa shape index (κ1) is 21.4. The Morgan fingerprint density at radius 2 is 1.07 bits per heavy atom. The van der Waals surface area contributed by atoms with E-state index in [2.05, 4.69) is 10.6 Å². The van der Waals surface area contributed by atoms with E-state index in [9.17, 15) is 10.2 Å². The van der Waals surface area contributed by atoms with E-state index >= 15 is 0 Å². The van der Waals surface area contributed by atoms with Crippen molar-refractivity contribution in [3.63, 3.8) is 0 Å². The summed E-state index contributed by atoms with van der Waals surface area (Å²) in [5, 5.41) is 24.7. The molecule has 1 aromatic carbocycles. The van der Waals surface area contributed by atoms with Crippen LogP contribution in [0.25, 0.3) is 0 Å². The minimum absolute atomic E-state index is 0.305. The Hall–Kier alpha value is -1.34. The first-order chi connectivity index (χ1) is 13.7. The van der Waals surface area contributed by atoms with Crippen molar-refractivity contribution in [3.05, 3.63) is 24.3 Å². The molecule has 6 nitrogen and oxygen atoms in total. The predicted molar refractivity (Wildman–Crippen MR) is 108 cm³/mol. The molecule has 0 unspecified atom stereocenters. The molecule has 0 spiro atoms. The predicted octanol–water partition coefficient (Wildman–Crippen LogP) is 0.178. The second kappa shape index (κ2) is 11.6. The zero-order valence-corrected chi connectivity index (χ0v) is 17.0. The van der Waals surface area contributed by atoms with Gasteiger partial charge in [0, 0.05) is 0 Å². The summed E-state index contributed by atoms with van der Waals surface area (Å²) >= 11 is 0. The van der Waals surface area contributed by atoms with Gasteiger partial charge in [0.1, 0.15) is 50.0 Å². The Kier molecular flexibility index (Phi) is 8.86. The van der Waals surface area contributed by atoms with E-state index in [0.29, 0.717) is 38.4 Å². The Bertz CT molecular complexity index is 493. The standard InChI is InChI=1S/C22H36N2O4/c25-19(13-23-17-5-1-2-6-17)15-27-21-9-11-22(12-10-21)28-16-20(26)14-24-18-7-3-4-8-18/h9-12,17-20,23-26H,1-8,13-16H2/p+2/t19-,20+. The number of quaternary nitrogens is 2. The number of ether oxygens (including phenoxy) is 2. The van der Waals surface area contributed by atoms with Crippen LogP contribution in [0.15, 0.2) is 24.3 Å². The van der Waals surface area contributed by atoms with Crippen LogP contribution in [0.4, 0.5) is 0 Å². The highest BCUT2D eigenvalue weighted by molar-refractivity contribution is 5.31. The van der Waals surface area contributed by atoms with Crippen molar-refractivity contribution in [2.75, 3.05) is 26.3 Å². The number of aliphatic hydroxyl groups excluding tert-OH is 2. The Morgan fingerprint density at radius 1 is 0.714 bits per heavy atom. The van der Waals surface area contributed by atoms with Gasteiger partial charge in [0.05, 0.1) is 12.1 Å². The van der Waals surface area contributed by atoms with Crippen LogP contribution in [0.1, 0.15) is 51.4 Å². The van der Waals surface area contributed by atoms with Crippen LogP contribution < -0.4 is 20.1 Å². The lowest BCUT2D eigenvalue weighted by molar-refractivity contribution is -0.693. The number of hydrogen-bond donors (Lipinski definition) is 4. The molecular formula is C22H38N2O4+2. The van der Waals surface area contributed by atoms with E-state index < -0.39 is 12.2 Å². The Labute approximate surface area is 168 Å². The van der Waals surface area contributed by atoms with Gasteiger partial charge in [-0.2, -0.15) is 0 Å². The maximum absolute atomic E-state index is 10.1. The number of nitrogens with two attached hydrogens (primary N) is 2. The molecule has 28 heavy (non-hydrogen) atoms. The third-order valence-corrected chi connectivity index (χ3v) is 5.99. The Balaban J connectivity index is 1.28. The van der Waals surface area contributed by atoms with Crippen molar-refractivity contribution in [3.8, 4) is 11.5 Å². The van der Waals surface area contributed by atoms with Crippen molar-refractivity contribution in [1.82, 2.24) is 0 Å². The fourth-order valence-electron chi connectivity index (χ4n) is 4.24.